The third-order valence-corrected chi connectivity index (χ3v) is 3.59. The summed E-state index contributed by atoms with van der Waals surface area (Å²) in [5.74, 6) is -0.221. The van der Waals surface area contributed by atoms with E-state index in [4.69, 9.17) is 0 Å². The predicted molar refractivity (Wildman–Crippen MR) is 53.7 cm³/mol. The number of nitrogens with one attached hydrogen (secondary N) is 1. The van der Waals surface area contributed by atoms with Crippen molar-refractivity contribution in [3.8, 4) is 0 Å². The predicted octanol–water partition coefficient (Wildman–Crippen LogP) is 3.83. The maximum Gasteiger partial charge on any atom is 0.133 e. The second kappa shape index (κ2) is 2.85. The lowest BCUT2D eigenvalue weighted by atomic mass is 10.2. The highest BCUT2D eigenvalue weighted by Gasteiger charge is 2.09. The molecule has 0 bridgehead atoms. The fourth-order valence-electron chi connectivity index (χ4n) is 1.13. The molecule has 0 saturated carbocycles. The number of aromatic nitrogens is 1. The summed E-state index contributed by atoms with van der Waals surface area (Å²) in [4.78, 5) is 3.00. The molecule has 0 aliphatic rings. The van der Waals surface area contributed by atoms with Gasteiger partial charge < -0.3 is 4.98 Å². The Kier molecular flexibility index (Phi) is 1.96. The molecule has 1 heterocycles. The first-order chi connectivity index (χ1) is 5.70. The number of halogens is 3. The van der Waals surface area contributed by atoms with Crippen molar-refractivity contribution in [1.82, 2.24) is 4.98 Å². The number of benzene rings is 1. The quantitative estimate of drug-likeness (QED) is 0.759. The molecule has 2 rings (SSSR count). The van der Waals surface area contributed by atoms with E-state index in [1.54, 1.807) is 6.07 Å². The van der Waals surface area contributed by atoms with Crippen molar-refractivity contribution in [2.24, 2.45) is 0 Å². The van der Waals surface area contributed by atoms with Crippen LogP contribution >= 0.6 is 31.9 Å². The lowest BCUT2D eigenvalue weighted by Crippen LogP contribution is -1.73. The lowest BCUT2D eigenvalue weighted by Gasteiger charge is -1.90. The molecule has 62 valence electrons. The van der Waals surface area contributed by atoms with E-state index in [1.807, 2.05) is 6.07 Å². The van der Waals surface area contributed by atoms with E-state index in [9.17, 15) is 4.39 Å². The molecule has 1 aromatic carbocycles. The highest BCUT2D eigenvalue weighted by atomic mass is 79.9. The van der Waals surface area contributed by atoms with Gasteiger partial charge in [0.15, 0.2) is 0 Å². The average molecular weight is 293 g/mol. The Morgan fingerprint density at radius 1 is 1.25 bits per heavy atom. The van der Waals surface area contributed by atoms with Crippen LogP contribution in [-0.4, -0.2) is 4.98 Å². The number of rotatable bonds is 0. The second-order valence-electron chi connectivity index (χ2n) is 2.42. The zero-order valence-electron chi connectivity index (χ0n) is 5.87. The normalized spacial score (nSPS) is 10.9. The van der Waals surface area contributed by atoms with E-state index < -0.39 is 0 Å². The van der Waals surface area contributed by atoms with Crippen LogP contribution in [0.2, 0.25) is 0 Å². The van der Waals surface area contributed by atoms with Crippen molar-refractivity contribution in [2.45, 2.75) is 0 Å². The van der Waals surface area contributed by atoms with Crippen molar-refractivity contribution >= 4 is 42.8 Å². The van der Waals surface area contributed by atoms with Gasteiger partial charge in [-0.3, -0.25) is 0 Å². The molecule has 1 nitrogen and oxygen atoms in total. The van der Waals surface area contributed by atoms with Crippen LogP contribution < -0.4 is 0 Å². The molecular formula is C8H4Br2FN. The Labute approximate surface area is 85.2 Å². The van der Waals surface area contributed by atoms with Gasteiger partial charge in [0.1, 0.15) is 5.82 Å². The number of hydrogen-bond acceptors (Lipinski definition) is 0. The van der Waals surface area contributed by atoms with Crippen LogP contribution in [0.3, 0.4) is 0 Å². The summed E-state index contributed by atoms with van der Waals surface area (Å²) in [5.41, 5.74) is 0.786. The monoisotopic (exact) mass is 291 g/mol. The van der Waals surface area contributed by atoms with E-state index in [1.165, 1.54) is 6.07 Å². The Hall–Kier alpha value is -0.350. The summed E-state index contributed by atoms with van der Waals surface area (Å²) < 4.78 is 14.7. The van der Waals surface area contributed by atoms with Gasteiger partial charge in [-0.15, -0.1) is 0 Å². The molecule has 0 fully saturated rings. The second-order valence-corrected chi connectivity index (χ2v) is 4.00. The zero-order valence-corrected chi connectivity index (χ0v) is 9.04. The van der Waals surface area contributed by atoms with Gasteiger partial charge >= 0.3 is 0 Å². The molecule has 2 aromatic rings. The van der Waals surface area contributed by atoms with Crippen LogP contribution in [0.4, 0.5) is 4.39 Å². The van der Waals surface area contributed by atoms with Crippen molar-refractivity contribution < 1.29 is 4.39 Å². The van der Waals surface area contributed by atoms with Gasteiger partial charge in [-0.25, -0.2) is 4.39 Å². The van der Waals surface area contributed by atoms with Gasteiger partial charge in [-0.05, 0) is 44.0 Å². The topological polar surface area (TPSA) is 15.8 Å². The molecular weight excluding hydrogens is 289 g/mol. The van der Waals surface area contributed by atoms with Gasteiger partial charge in [-0.1, -0.05) is 6.07 Å². The van der Waals surface area contributed by atoms with Gasteiger partial charge in [0.2, 0.25) is 0 Å². The molecule has 0 atom stereocenters. The van der Waals surface area contributed by atoms with Crippen LogP contribution in [-0.2, 0) is 0 Å². The summed E-state index contributed by atoms with van der Waals surface area (Å²) in [6.07, 6.45) is 0. The summed E-state index contributed by atoms with van der Waals surface area (Å²) in [5, 5.41) is 0.587. The van der Waals surface area contributed by atoms with E-state index in [0.29, 0.717) is 5.39 Å². The Morgan fingerprint density at radius 2 is 2.00 bits per heavy atom. The fourth-order valence-corrected chi connectivity index (χ4v) is 2.05. The van der Waals surface area contributed by atoms with Crippen molar-refractivity contribution in [2.75, 3.05) is 0 Å². The van der Waals surface area contributed by atoms with E-state index in [2.05, 4.69) is 36.8 Å². The van der Waals surface area contributed by atoms with Gasteiger partial charge in [0, 0.05) is 0 Å². The third kappa shape index (κ3) is 1.10. The highest BCUT2D eigenvalue weighted by molar-refractivity contribution is 9.13. The minimum atomic E-state index is -0.221. The molecule has 0 amide bonds. The zero-order chi connectivity index (χ0) is 8.72. The summed E-state index contributed by atoms with van der Waals surface area (Å²) in [7, 11) is 0. The molecule has 1 aromatic heterocycles. The Bertz CT molecular complexity index is 436. The fraction of sp³-hybridized carbons (Fsp3) is 0. The van der Waals surface area contributed by atoms with E-state index in [0.717, 1.165) is 14.6 Å². The third-order valence-electron chi connectivity index (χ3n) is 1.67. The minimum Gasteiger partial charge on any atom is -0.348 e. The summed E-state index contributed by atoms with van der Waals surface area (Å²) in [6.45, 7) is 0. The molecule has 4 heteroatoms. The number of fused-ring (bicyclic) bond motifs is 1. The Morgan fingerprint density at radius 3 is 2.67 bits per heavy atom. The smallest absolute Gasteiger partial charge is 0.133 e. The number of aromatic amines is 1. The maximum atomic E-state index is 13.2. The van der Waals surface area contributed by atoms with Crippen LogP contribution in [0.25, 0.3) is 10.9 Å². The largest absolute Gasteiger partial charge is 0.348 e. The summed E-state index contributed by atoms with van der Waals surface area (Å²) >= 11 is 6.56. The molecule has 0 saturated heterocycles. The van der Waals surface area contributed by atoms with E-state index >= 15 is 0 Å². The average Bonchev–Trinajstić information content (AvgIpc) is 2.29. The maximum absolute atomic E-state index is 13.2. The molecule has 1 N–H and O–H groups in total. The lowest BCUT2D eigenvalue weighted by molar-refractivity contribution is 0.639. The molecule has 12 heavy (non-hydrogen) atoms. The molecule has 0 spiro atoms. The number of hydrogen-bond donors (Lipinski definition) is 1. The van der Waals surface area contributed by atoms with Gasteiger partial charge in [0.25, 0.3) is 0 Å². The minimum absolute atomic E-state index is 0.221. The van der Waals surface area contributed by atoms with Crippen LogP contribution in [0.5, 0.6) is 0 Å². The van der Waals surface area contributed by atoms with Crippen LogP contribution in [0, 0.1) is 5.82 Å². The molecule has 0 radical (unpaired) electrons. The molecule has 0 aliphatic carbocycles. The standard InChI is InChI=1S/C8H4Br2FN/c9-7-6-4(11)2-1-3-5(6)12-8(7)10/h1-3,12H. The first kappa shape index (κ1) is 8.26. The Balaban J connectivity index is 2.97. The first-order valence-corrected chi connectivity index (χ1v) is 4.90. The summed E-state index contributed by atoms with van der Waals surface area (Å²) in [6, 6.07) is 4.94. The van der Waals surface area contributed by atoms with Crippen molar-refractivity contribution in [3.63, 3.8) is 0 Å². The van der Waals surface area contributed by atoms with Crippen molar-refractivity contribution in [3.05, 3.63) is 33.1 Å². The van der Waals surface area contributed by atoms with E-state index in [-0.39, 0.29) is 5.82 Å². The van der Waals surface area contributed by atoms with Gasteiger partial charge in [0.05, 0.1) is 20.0 Å². The van der Waals surface area contributed by atoms with Gasteiger partial charge in [-0.2, -0.15) is 0 Å². The first-order valence-electron chi connectivity index (χ1n) is 3.31. The molecule has 0 unspecified atom stereocenters. The van der Waals surface area contributed by atoms with Crippen molar-refractivity contribution in [1.29, 1.82) is 0 Å². The van der Waals surface area contributed by atoms with Crippen LogP contribution in [0.1, 0.15) is 0 Å². The highest BCUT2D eigenvalue weighted by Crippen LogP contribution is 2.32. The molecule has 0 aliphatic heterocycles. The number of H-pyrrole nitrogens is 1. The van der Waals surface area contributed by atoms with Crippen LogP contribution in [0.15, 0.2) is 27.3 Å². The SMILES string of the molecule is Fc1cccc2[nH]c(Br)c(Br)c12.